The number of carbonyl (C=O) groups excluding carboxylic acids is 1. The normalized spacial score (nSPS) is 17.1. The van der Waals surface area contributed by atoms with Crippen molar-refractivity contribution >= 4 is 17.3 Å². The van der Waals surface area contributed by atoms with Gasteiger partial charge in [-0.1, -0.05) is 6.07 Å². The van der Waals surface area contributed by atoms with Crippen LogP contribution < -0.4 is 5.32 Å². The van der Waals surface area contributed by atoms with Crippen LogP contribution in [0.1, 0.15) is 30.7 Å². The fraction of sp³-hybridized carbons (Fsp3) is 0.583. The van der Waals surface area contributed by atoms with Gasteiger partial charge in [0.1, 0.15) is 6.04 Å². The summed E-state index contributed by atoms with van der Waals surface area (Å²) < 4.78 is 5.09. The van der Waals surface area contributed by atoms with Gasteiger partial charge in [0.25, 0.3) is 0 Å². The molecule has 4 heteroatoms. The topological polar surface area (TPSA) is 38.3 Å². The molecule has 1 aromatic heterocycles. The lowest BCUT2D eigenvalue weighted by Crippen LogP contribution is -2.31. The third-order valence-electron chi connectivity index (χ3n) is 2.66. The van der Waals surface area contributed by atoms with Gasteiger partial charge in [0.05, 0.1) is 6.61 Å². The van der Waals surface area contributed by atoms with Gasteiger partial charge in [-0.05, 0) is 43.7 Å². The third kappa shape index (κ3) is 3.06. The van der Waals surface area contributed by atoms with E-state index in [-0.39, 0.29) is 12.0 Å². The number of rotatable bonds is 6. The SMILES string of the molecule is CCOC(=O)C(NCC1CC1)c1cccs1. The molecule has 2 rings (SSSR count). The molecule has 0 amide bonds. The first-order valence-corrected chi connectivity index (χ1v) is 6.62. The Kier molecular flexibility index (Phi) is 3.96. The zero-order valence-corrected chi connectivity index (χ0v) is 10.3. The summed E-state index contributed by atoms with van der Waals surface area (Å²) in [4.78, 5) is 12.8. The maximum Gasteiger partial charge on any atom is 0.328 e. The lowest BCUT2D eigenvalue weighted by molar-refractivity contribution is -0.145. The van der Waals surface area contributed by atoms with Crippen molar-refractivity contribution in [3.05, 3.63) is 22.4 Å². The number of thiophene rings is 1. The summed E-state index contributed by atoms with van der Waals surface area (Å²) in [5.41, 5.74) is 0. The lowest BCUT2D eigenvalue weighted by atomic mass is 10.2. The highest BCUT2D eigenvalue weighted by Crippen LogP contribution is 2.29. The average molecular weight is 239 g/mol. The van der Waals surface area contributed by atoms with Gasteiger partial charge >= 0.3 is 5.97 Å². The van der Waals surface area contributed by atoms with Crippen molar-refractivity contribution in [3.63, 3.8) is 0 Å². The Hall–Kier alpha value is -0.870. The Morgan fingerprint density at radius 3 is 3.06 bits per heavy atom. The Labute approximate surface area is 99.8 Å². The molecule has 1 saturated carbocycles. The molecule has 1 atom stereocenters. The Morgan fingerprint density at radius 1 is 1.69 bits per heavy atom. The van der Waals surface area contributed by atoms with Crippen LogP contribution >= 0.6 is 11.3 Å². The van der Waals surface area contributed by atoms with Crippen LogP contribution in [-0.2, 0) is 9.53 Å². The van der Waals surface area contributed by atoms with E-state index in [0.29, 0.717) is 6.61 Å². The molecule has 1 aliphatic carbocycles. The highest BCUT2D eigenvalue weighted by molar-refractivity contribution is 7.10. The molecule has 1 aromatic rings. The van der Waals surface area contributed by atoms with Crippen molar-refractivity contribution in [2.24, 2.45) is 5.92 Å². The smallest absolute Gasteiger partial charge is 0.328 e. The monoisotopic (exact) mass is 239 g/mol. The molecule has 0 saturated heterocycles. The Balaban J connectivity index is 1.96. The van der Waals surface area contributed by atoms with E-state index in [1.54, 1.807) is 11.3 Å². The zero-order valence-electron chi connectivity index (χ0n) is 9.44. The second kappa shape index (κ2) is 5.46. The van der Waals surface area contributed by atoms with E-state index >= 15 is 0 Å². The quantitative estimate of drug-likeness (QED) is 0.774. The number of hydrogen-bond acceptors (Lipinski definition) is 4. The van der Waals surface area contributed by atoms with Crippen molar-refractivity contribution < 1.29 is 9.53 Å². The molecule has 3 nitrogen and oxygen atoms in total. The predicted octanol–water partition coefficient (Wildman–Crippen LogP) is 2.35. The second-order valence-electron chi connectivity index (χ2n) is 4.05. The highest BCUT2D eigenvalue weighted by atomic mass is 32.1. The average Bonchev–Trinajstić information content (AvgIpc) is 2.93. The molecular weight excluding hydrogens is 222 g/mol. The van der Waals surface area contributed by atoms with E-state index in [0.717, 1.165) is 17.3 Å². The number of hydrogen-bond donors (Lipinski definition) is 1. The van der Waals surface area contributed by atoms with E-state index in [4.69, 9.17) is 4.74 Å². The molecule has 1 heterocycles. The third-order valence-corrected chi connectivity index (χ3v) is 3.59. The summed E-state index contributed by atoms with van der Waals surface area (Å²) in [6.07, 6.45) is 2.57. The molecule has 16 heavy (non-hydrogen) atoms. The fourth-order valence-electron chi connectivity index (χ4n) is 1.59. The van der Waals surface area contributed by atoms with Crippen LogP contribution in [0, 0.1) is 5.92 Å². The first-order chi connectivity index (χ1) is 7.81. The maximum atomic E-state index is 11.8. The standard InChI is InChI=1S/C12H17NO2S/c1-2-15-12(14)11(10-4-3-7-16-10)13-8-9-5-6-9/h3-4,7,9,11,13H,2,5-6,8H2,1H3. The van der Waals surface area contributed by atoms with Crippen LogP contribution in [0.5, 0.6) is 0 Å². The Morgan fingerprint density at radius 2 is 2.50 bits per heavy atom. The van der Waals surface area contributed by atoms with Crippen LogP contribution in [0.3, 0.4) is 0 Å². The number of nitrogens with one attached hydrogen (secondary N) is 1. The maximum absolute atomic E-state index is 11.8. The van der Waals surface area contributed by atoms with Gasteiger partial charge in [-0.3, -0.25) is 5.32 Å². The minimum absolute atomic E-state index is 0.161. The van der Waals surface area contributed by atoms with Crippen LogP contribution in [-0.4, -0.2) is 19.1 Å². The summed E-state index contributed by atoms with van der Waals surface area (Å²) in [5.74, 6) is 0.600. The van der Waals surface area contributed by atoms with E-state index < -0.39 is 0 Å². The van der Waals surface area contributed by atoms with Gasteiger partial charge in [0.2, 0.25) is 0 Å². The fourth-order valence-corrected chi connectivity index (χ4v) is 2.37. The largest absolute Gasteiger partial charge is 0.465 e. The first-order valence-electron chi connectivity index (χ1n) is 5.74. The molecule has 1 fully saturated rings. The van der Waals surface area contributed by atoms with Crippen molar-refractivity contribution in [3.8, 4) is 0 Å². The number of esters is 1. The lowest BCUT2D eigenvalue weighted by Gasteiger charge is -2.15. The van der Waals surface area contributed by atoms with Gasteiger partial charge < -0.3 is 4.74 Å². The molecule has 0 bridgehead atoms. The zero-order chi connectivity index (χ0) is 11.4. The molecule has 88 valence electrons. The molecular formula is C12H17NO2S. The molecule has 0 radical (unpaired) electrons. The summed E-state index contributed by atoms with van der Waals surface area (Å²) in [7, 11) is 0. The summed E-state index contributed by atoms with van der Waals surface area (Å²) in [6, 6.07) is 3.66. The van der Waals surface area contributed by atoms with Crippen molar-refractivity contribution in [1.29, 1.82) is 0 Å². The summed E-state index contributed by atoms with van der Waals surface area (Å²) in [5, 5.41) is 5.29. The van der Waals surface area contributed by atoms with Crippen LogP contribution in [0.2, 0.25) is 0 Å². The summed E-state index contributed by atoms with van der Waals surface area (Å²) in [6.45, 7) is 3.19. The van der Waals surface area contributed by atoms with E-state index in [1.165, 1.54) is 12.8 Å². The van der Waals surface area contributed by atoms with Crippen molar-refractivity contribution in [1.82, 2.24) is 5.32 Å². The van der Waals surface area contributed by atoms with E-state index in [1.807, 2.05) is 24.4 Å². The first kappa shape index (κ1) is 11.6. The second-order valence-corrected chi connectivity index (χ2v) is 5.03. The van der Waals surface area contributed by atoms with E-state index in [9.17, 15) is 4.79 Å². The van der Waals surface area contributed by atoms with Crippen LogP contribution in [0.15, 0.2) is 17.5 Å². The number of ether oxygens (including phenoxy) is 1. The van der Waals surface area contributed by atoms with Crippen LogP contribution in [0.25, 0.3) is 0 Å². The molecule has 1 N–H and O–H groups in total. The van der Waals surface area contributed by atoms with E-state index in [2.05, 4.69) is 5.32 Å². The minimum atomic E-state index is -0.277. The Bertz CT molecular complexity index is 333. The summed E-state index contributed by atoms with van der Waals surface area (Å²) >= 11 is 1.59. The van der Waals surface area contributed by atoms with Gasteiger partial charge in [0.15, 0.2) is 0 Å². The van der Waals surface area contributed by atoms with Crippen molar-refractivity contribution in [2.75, 3.05) is 13.2 Å². The molecule has 1 unspecified atom stereocenters. The number of carbonyl (C=O) groups is 1. The van der Waals surface area contributed by atoms with Crippen molar-refractivity contribution in [2.45, 2.75) is 25.8 Å². The molecule has 1 aliphatic rings. The van der Waals surface area contributed by atoms with Gasteiger partial charge in [-0.2, -0.15) is 0 Å². The predicted molar refractivity (Wildman–Crippen MR) is 64.4 cm³/mol. The van der Waals surface area contributed by atoms with Gasteiger partial charge in [-0.25, -0.2) is 4.79 Å². The minimum Gasteiger partial charge on any atom is -0.465 e. The van der Waals surface area contributed by atoms with Crippen LogP contribution in [0.4, 0.5) is 0 Å². The highest BCUT2D eigenvalue weighted by Gasteiger charge is 2.27. The molecule has 0 spiro atoms. The molecule has 0 aromatic carbocycles. The molecule has 0 aliphatic heterocycles. The van der Waals surface area contributed by atoms with Gasteiger partial charge in [0, 0.05) is 4.88 Å². The van der Waals surface area contributed by atoms with Gasteiger partial charge in [-0.15, -0.1) is 11.3 Å².